The number of alkyl halides is 3. The van der Waals surface area contributed by atoms with Crippen LogP contribution in [0.1, 0.15) is 11.5 Å². The van der Waals surface area contributed by atoms with Gasteiger partial charge < -0.3 is 19.7 Å². The minimum Gasteiger partial charge on any atom is -0.376 e. The van der Waals surface area contributed by atoms with Crippen molar-refractivity contribution < 1.29 is 17.8 Å². The van der Waals surface area contributed by atoms with Gasteiger partial charge in [-0.2, -0.15) is 18.7 Å². The minimum absolute atomic E-state index is 0.0364. The van der Waals surface area contributed by atoms with Crippen LogP contribution in [0.2, 0.25) is 0 Å². The van der Waals surface area contributed by atoms with Gasteiger partial charge in [-0.05, 0) is 22.3 Å². The van der Waals surface area contributed by atoms with Crippen LogP contribution >= 0.6 is 11.6 Å². The van der Waals surface area contributed by atoms with Crippen LogP contribution in [0.15, 0.2) is 49.3 Å². The third kappa shape index (κ3) is 3.69. The van der Waals surface area contributed by atoms with Crippen LogP contribution in [0, 0.1) is 0 Å². The number of hydrogen-bond donors (Lipinski definition) is 2. The smallest absolute Gasteiger partial charge is 0.376 e. The van der Waals surface area contributed by atoms with Crippen LogP contribution in [-0.2, 0) is 11.9 Å². The predicted molar refractivity (Wildman–Crippen MR) is 95.7 cm³/mol. The van der Waals surface area contributed by atoms with Crippen molar-refractivity contribution in [3.63, 3.8) is 0 Å². The van der Waals surface area contributed by atoms with Gasteiger partial charge in [-0.3, -0.25) is 9.59 Å². The van der Waals surface area contributed by atoms with Crippen molar-refractivity contribution in [1.82, 2.24) is 20.3 Å². The molecule has 2 N–H and O–H groups in total. The number of nitrogens with zero attached hydrogens (tertiary/aromatic N) is 4. The molecule has 0 amide bonds. The van der Waals surface area contributed by atoms with E-state index in [0.717, 1.165) is 12.0 Å². The van der Waals surface area contributed by atoms with Crippen LogP contribution < -0.4 is 21.5 Å². The molecule has 4 rings (SSSR count). The Morgan fingerprint density at radius 2 is 1.79 bits per heavy atom. The van der Waals surface area contributed by atoms with Gasteiger partial charge in [0.25, 0.3) is 16.8 Å². The highest BCUT2D eigenvalue weighted by molar-refractivity contribution is 6.21. The summed E-state index contributed by atoms with van der Waals surface area (Å²) in [4.78, 5) is 30.7. The average Bonchev–Trinajstić information content (AvgIpc) is 3.39. The Balaban J connectivity index is 1.44. The first-order valence-electron chi connectivity index (χ1n) is 7.93. The van der Waals surface area contributed by atoms with Gasteiger partial charge in [0.2, 0.25) is 12.2 Å². The molecule has 0 atom stereocenters. The van der Waals surface area contributed by atoms with Gasteiger partial charge in [-0.15, -0.1) is 0 Å². The van der Waals surface area contributed by atoms with E-state index in [1.807, 2.05) is 0 Å². The standard InChI is InChI=1S/C16H9ClF2N6O4/c17-16(18,19)14-23-13(24-29-14)8-3-1-7(2-4-8)5-20-9-10(12(27)11(9)26)22-15-21-6-28-25-15/h1-4,6,20H,5H2,(H,22,25). The highest BCUT2D eigenvalue weighted by Gasteiger charge is 2.35. The van der Waals surface area contributed by atoms with E-state index >= 15 is 0 Å². The molecule has 0 radical (unpaired) electrons. The molecule has 0 aliphatic rings. The van der Waals surface area contributed by atoms with Gasteiger partial charge in [-0.25, -0.2) is 0 Å². The first kappa shape index (κ1) is 18.7. The van der Waals surface area contributed by atoms with Gasteiger partial charge in [0.1, 0.15) is 11.4 Å². The van der Waals surface area contributed by atoms with Crippen LogP contribution in [-0.4, -0.2) is 20.3 Å². The molecule has 2 heterocycles. The average molecular weight is 423 g/mol. The molecule has 29 heavy (non-hydrogen) atoms. The van der Waals surface area contributed by atoms with Gasteiger partial charge in [0.15, 0.2) is 0 Å². The molecule has 0 unspecified atom stereocenters. The van der Waals surface area contributed by atoms with E-state index in [-0.39, 0.29) is 29.7 Å². The highest BCUT2D eigenvalue weighted by atomic mass is 35.5. The van der Waals surface area contributed by atoms with E-state index in [9.17, 15) is 18.4 Å². The third-order valence-electron chi connectivity index (χ3n) is 3.86. The molecule has 0 saturated heterocycles. The summed E-state index contributed by atoms with van der Waals surface area (Å²) >= 11 is 4.84. The fraction of sp³-hybridized carbons (Fsp3) is 0.125. The lowest BCUT2D eigenvalue weighted by molar-refractivity contribution is 0.0551. The topological polar surface area (TPSA) is 136 Å². The number of benzene rings is 1. The summed E-state index contributed by atoms with van der Waals surface area (Å²) < 4.78 is 34.9. The number of rotatable bonds is 7. The maximum absolute atomic E-state index is 13.0. The molecule has 2 aromatic carbocycles. The van der Waals surface area contributed by atoms with Crippen LogP contribution in [0.4, 0.5) is 26.1 Å². The largest absolute Gasteiger partial charge is 0.400 e. The van der Waals surface area contributed by atoms with Gasteiger partial charge in [0.05, 0.1) is 0 Å². The molecule has 0 saturated carbocycles. The van der Waals surface area contributed by atoms with Crippen molar-refractivity contribution in [2.45, 2.75) is 11.9 Å². The van der Waals surface area contributed by atoms with Gasteiger partial charge in [-0.1, -0.05) is 29.4 Å². The molecule has 0 aliphatic heterocycles. The van der Waals surface area contributed by atoms with E-state index in [2.05, 4.69) is 40.0 Å². The quantitative estimate of drug-likeness (QED) is 0.337. The van der Waals surface area contributed by atoms with E-state index in [0.29, 0.717) is 5.56 Å². The molecular formula is C16H9ClF2N6O4. The second-order valence-electron chi connectivity index (χ2n) is 5.76. The van der Waals surface area contributed by atoms with Crippen molar-refractivity contribution in [3.05, 3.63) is 62.6 Å². The van der Waals surface area contributed by atoms with Crippen molar-refractivity contribution in [1.29, 1.82) is 0 Å². The van der Waals surface area contributed by atoms with Crippen LogP contribution in [0.3, 0.4) is 0 Å². The summed E-state index contributed by atoms with van der Waals surface area (Å²) in [6, 6.07) is 6.49. The minimum atomic E-state index is -3.75. The Kier molecular flexibility index (Phi) is 4.54. The Morgan fingerprint density at radius 3 is 2.41 bits per heavy atom. The lowest BCUT2D eigenvalue weighted by atomic mass is 10.1. The first-order chi connectivity index (χ1) is 13.8. The molecule has 2 aromatic heterocycles. The molecule has 4 aromatic rings. The zero-order valence-electron chi connectivity index (χ0n) is 14.1. The molecule has 13 heteroatoms. The van der Waals surface area contributed by atoms with E-state index < -0.39 is 22.1 Å². The number of hydrogen-bond acceptors (Lipinski definition) is 10. The van der Waals surface area contributed by atoms with E-state index in [4.69, 9.17) is 11.6 Å². The van der Waals surface area contributed by atoms with Gasteiger partial charge in [0, 0.05) is 12.1 Å². The highest BCUT2D eigenvalue weighted by Crippen LogP contribution is 2.32. The number of aromatic nitrogens is 4. The Bertz CT molecular complexity index is 1210. The van der Waals surface area contributed by atoms with Crippen LogP contribution in [0.25, 0.3) is 11.4 Å². The summed E-state index contributed by atoms with van der Waals surface area (Å²) in [6.45, 7) is 0.212. The van der Waals surface area contributed by atoms with Crippen LogP contribution in [0.5, 0.6) is 0 Å². The second kappa shape index (κ2) is 7.05. The third-order valence-corrected chi connectivity index (χ3v) is 4.02. The summed E-state index contributed by atoms with van der Waals surface area (Å²) in [7, 11) is 0. The maximum Gasteiger partial charge on any atom is 0.400 e. The van der Waals surface area contributed by atoms with Crippen molar-refractivity contribution >= 4 is 28.9 Å². The lowest BCUT2D eigenvalue weighted by Gasteiger charge is -2.13. The van der Waals surface area contributed by atoms with Crippen molar-refractivity contribution in [2.75, 3.05) is 10.6 Å². The summed E-state index contributed by atoms with van der Waals surface area (Å²) in [5.41, 5.74) is -0.0760. The number of halogens is 3. The molecule has 0 fully saturated rings. The summed E-state index contributed by atoms with van der Waals surface area (Å²) in [6.07, 6.45) is 1.07. The van der Waals surface area contributed by atoms with E-state index in [1.165, 1.54) is 0 Å². The molecule has 0 bridgehead atoms. The Labute approximate surface area is 164 Å². The Hall–Kier alpha value is -3.67. The maximum atomic E-state index is 13.0. The fourth-order valence-corrected chi connectivity index (χ4v) is 2.51. The number of anilines is 3. The molecule has 0 aliphatic carbocycles. The number of nitrogens with one attached hydrogen (secondary N) is 2. The zero-order valence-corrected chi connectivity index (χ0v) is 14.9. The van der Waals surface area contributed by atoms with Crippen molar-refractivity contribution in [3.8, 4) is 11.4 Å². The molecule has 10 nitrogen and oxygen atoms in total. The summed E-state index contributed by atoms with van der Waals surface area (Å²) in [5, 5.41) is 8.68. The normalized spacial score (nSPS) is 11.7. The second-order valence-corrected chi connectivity index (χ2v) is 6.23. The van der Waals surface area contributed by atoms with Gasteiger partial charge >= 0.3 is 11.3 Å². The monoisotopic (exact) mass is 422 g/mol. The molecule has 148 valence electrons. The first-order valence-corrected chi connectivity index (χ1v) is 8.31. The lowest BCUT2D eigenvalue weighted by Crippen LogP contribution is -2.36. The zero-order chi connectivity index (χ0) is 20.6. The molecule has 0 spiro atoms. The SMILES string of the molecule is O=c1c(NCc2ccc(-c3noc(C(F)(F)Cl)n3)cc2)c(Nc2ncon2)c1=O. The van der Waals surface area contributed by atoms with E-state index in [1.54, 1.807) is 24.3 Å². The fourth-order valence-electron chi connectivity index (χ4n) is 2.44. The Morgan fingerprint density at radius 1 is 1.07 bits per heavy atom. The molecular weight excluding hydrogens is 414 g/mol. The summed E-state index contributed by atoms with van der Waals surface area (Å²) in [5.74, 6) is -0.998. The van der Waals surface area contributed by atoms with Crippen molar-refractivity contribution in [2.24, 2.45) is 0 Å². The predicted octanol–water partition coefficient (Wildman–Crippen LogP) is 2.36.